The molecule has 4 rings (SSSR count). The zero-order valence-electron chi connectivity index (χ0n) is 29.4. The maximum absolute atomic E-state index is 12.7. The van der Waals surface area contributed by atoms with Gasteiger partial charge in [-0.15, -0.1) is 0 Å². The summed E-state index contributed by atoms with van der Waals surface area (Å²) in [6, 6.07) is 23.4. The van der Waals surface area contributed by atoms with E-state index in [0.717, 1.165) is 29.5 Å². The van der Waals surface area contributed by atoms with Crippen LogP contribution in [0.2, 0.25) is 0 Å². The lowest BCUT2D eigenvalue weighted by molar-refractivity contribution is 0.100. The summed E-state index contributed by atoms with van der Waals surface area (Å²) in [6.07, 6.45) is 3.88. The largest absolute Gasteiger partial charge is 0.493 e. The molecule has 4 aromatic carbocycles. The second-order valence-electron chi connectivity index (χ2n) is 12.3. The van der Waals surface area contributed by atoms with Crippen molar-refractivity contribution in [3.05, 3.63) is 112 Å². The Hall–Kier alpha value is -4.91. The molecule has 0 heterocycles. The Bertz CT molecular complexity index is 1780. The molecule has 0 radical (unpaired) electrons. The van der Waals surface area contributed by atoms with Crippen LogP contribution in [0.15, 0.2) is 77.8 Å². The number of aliphatic imine (C=N–C) groups is 1. The minimum Gasteiger partial charge on any atom is -0.493 e. The summed E-state index contributed by atoms with van der Waals surface area (Å²) >= 11 is 0. The van der Waals surface area contributed by atoms with Gasteiger partial charge in [0.1, 0.15) is 13.2 Å². The van der Waals surface area contributed by atoms with E-state index in [9.17, 15) is 9.59 Å². The molecule has 0 saturated heterocycles. The van der Waals surface area contributed by atoms with Crippen LogP contribution < -0.4 is 18.9 Å². The molecule has 0 N–H and O–H groups in total. The zero-order valence-corrected chi connectivity index (χ0v) is 29.4. The molecule has 48 heavy (non-hydrogen) atoms. The topological polar surface area (TPSA) is 83.4 Å². The van der Waals surface area contributed by atoms with E-state index in [1.165, 1.54) is 25.0 Å². The van der Waals surface area contributed by atoms with Gasteiger partial charge in [-0.25, -0.2) is 0 Å². The molecule has 252 valence electrons. The standard InChI is InChI=1S/C41H47NO6/c1-9-26(2)34(19-33-16-11-10-13-27(33)3)23-42-37-22-41(39(46-8)21-36(37)30(6)44)48-25-32-15-12-14-31(18-32)24-47-40-17-28(4)35(29(5)43)20-38(40)45-7/h10-18,20-23,26,34H,9,19,24-25H2,1-8H3. The maximum Gasteiger partial charge on any atom is 0.163 e. The number of ketones is 2. The van der Waals surface area contributed by atoms with Crippen LogP contribution in [-0.2, 0) is 19.6 Å². The number of methoxy groups -OCH3 is 2. The normalized spacial score (nSPS) is 12.4. The van der Waals surface area contributed by atoms with Gasteiger partial charge in [-0.05, 0) is 92.1 Å². The van der Waals surface area contributed by atoms with Gasteiger partial charge in [0.05, 0.1) is 19.9 Å². The molecule has 7 nitrogen and oxygen atoms in total. The third-order valence-electron chi connectivity index (χ3n) is 8.83. The first kappa shape index (κ1) is 35.9. The number of Topliss-reactive ketones (excluding diaryl/α,β-unsaturated/α-hetero) is 2. The Morgan fingerprint density at radius 2 is 1.31 bits per heavy atom. The van der Waals surface area contributed by atoms with Crippen molar-refractivity contribution >= 4 is 23.5 Å². The van der Waals surface area contributed by atoms with Crippen LogP contribution in [0.1, 0.15) is 82.6 Å². The molecule has 4 aromatic rings. The number of rotatable bonds is 16. The first-order valence-corrected chi connectivity index (χ1v) is 16.4. The third kappa shape index (κ3) is 9.12. The Morgan fingerprint density at radius 1 is 0.729 bits per heavy atom. The highest BCUT2D eigenvalue weighted by Crippen LogP contribution is 2.37. The van der Waals surface area contributed by atoms with Gasteiger partial charge in [0, 0.05) is 29.3 Å². The number of benzene rings is 4. The predicted molar refractivity (Wildman–Crippen MR) is 192 cm³/mol. The molecule has 0 saturated carbocycles. The molecule has 0 spiro atoms. The molecule has 7 heteroatoms. The van der Waals surface area contributed by atoms with Crippen molar-refractivity contribution in [2.45, 2.75) is 67.6 Å². The smallest absolute Gasteiger partial charge is 0.163 e. The second kappa shape index (κ2) is 16.8. The number of hydrogen-bond donors (Lipinski definition) is 0. The maximum atomic E-state index is 12.7. The van der Waals surface area contributed by atoms with E-state index in [1.54, 1.807) is 32.4 Å². The summed E-state index contributed by atoms with van der Waals surface area (Å²) in [7, 11) is 3.12. The average molecular weight is 650 g/mol. The van der Waals surface area contributed by atoms with E-state index < -0.39 is 0 Å². The van der Waals surface area contributed by atoms with Gasteiger partial charge in [0.25, 0.3) is 0 Å². The monoisotopic (exact) mass is 649 g/mol. The number of aryl methyl sites for hydroxylation is 2. The molecule has 0 aromatic heterocycles. The van der Waals surface area contributed by atoms with Crippen molar-refractivity contribution in [2.75, 3.05) is 14.2 Å². The van der Waals surface area contributed by atoms with E-state index in [4.69, 9.17) is 23.9 Å². The number of hydrogen-bond acceptors (Lipinski definition) is 7. The Morgan fingerprint density at radius 3 is 1.88 bits per heavy atom. The van der Waals surface area contributed by atoms with Crippen LogP contribution in [0.4, 0.5) is 5.69 Å². The lowest BCUT2D eigenvalue weighted by atomic mass is 9.86. The van der Waals surface area contributed by atoms with Gasteiger partial charge in [0.2, 0.25) is 0 Å². The summed E-state index contributed by atoms with van der Waals surface area (Å²) in [5, 5.41) is 0. The lowest BCUT2D eigenvalue weighted by Gasteiger charge is -2.20. The van der Waals surface area contributed by atoms with Gasteiger partial charge >= 0.3 is 0 Å². The van der Waals surface area contributed by atoms with E-state index in [-0.39, 0.29) is 24.1 Å². The fraction of sp³-hybridized carbons (Fsp3) is 0.341. The molecule has 0 amide bonds. The lowest BCUT2D eigenvalue weighted by Crippen LogP contribution is -2.16. The molecule has 2 atom stereocenters. The van der Waals surface area contributed by atoms with E-state index in [1.807, 2.05) is 43.5 Å². The summed E-state index contributed by atoms with van der Waals surface area (Å²) < 4.78 is 23.5. The number of carbonyl (C=O) groups is 2. The Kier molecular flexibility index (Phi) is 12.6. The Balaban J connectivity index is 1.54. The highest BCUT2D eigenvalue weighted by molar-refractivity contribution is 6.00. The van der Waals surface area contributed by atoms with Gasteiger partial charge < -0.3 is 18.9 Å². The van der Waals surface area contributed by atoms with Crippen LogP contribution in [-0.4, -0.2) is 32.0 Å². The predicted octanol–water partition coefficient (Wildman–Crippen LogP) is 9.49. The van der Waals surface area contributed by atoms with Crippen LogP contribution in [0.5, 0.6) is 23.0 Å². The Labute approximate surface area is 284 Å². The summed E-state index contributed by atoms with van der Waals surface area (Å²) in [6.45, 7) is 12.1. The molecule has 2 unspecified atom stereocenters. The van der Waals surface area contributed by atoms with Crippen molar-refractivity contribution in [1.82, 2.24) is 0 Å². The first-order valence-electron chi connectivity index (χ1n) is 16.4. The molecular weight excluding hydrogens is 602 g/mol. The van der Waals surface area contributed by atoms with Crippen molar-refractivity contribution < 1.29 is 28.5 Å². The fourth-order valence-electron chi connectivity index (χ4n) is 5.63. The van der Waals surface area contributed by atoms with Gasteiger partial charge in [0.15, 0.2) is 34.6 Å². The van der Waals surface area contributed by atoms with Gasteiger partial charge in [-0.2, -0.15) is 0 Å². The molecule has 0 fully saturated rings. The van der Waals surface area contributed by atoms with Gasteiger partial charge in [-0.1, -0.05) is 62.7 Å². The van der Waals surface area contributed by atoms with Crippen LogP contribution in [0.25, 0.3) is 0 Å². The fourth-order valence-corrected chi connectivity index (χ4v) is 5.63. The second-order valence-corrected chi connectivity index (χ2v) is 12.3. The number of nitrogens with zero attached hydrogens (tertiary/aromatic N) is 1. The molecular formula is C41H47NO6. The SMILES string of the molecule is CCC(C)C(C=Nc1cc(OCc2cccc(COc3cc(C)c(C(C)=O)cc3OC)c2)c(OC)cc1C(C)=O)Cc1ccccc1C. The number of carbonyl (C=O) groups excluding carboxylic acids is 2. The van der Waals surface area contributed by atoms with Gasteiger partial charge in [-0.3, -0.25) is 14.6 Å². The summed E-state index contributed by atoms with van der Waals surface area (Å²) in [4.78, 5) is 29.5. The summed E-state index contributed by atoms with van der Waals surface area (Å²) in [5.41, 5.74) is 6.91. The average Bonchev–Trinajstić information content (AvgIpc) is 3.08. The van der Waals surface area contributed by atoms with E-state index in [0.29, 0.717) is 52.3 Å². The minimum atomic E-state index is -0.0959. The molecule has 0 aliphatic heterocycles. The highest BCUT2D eigenvalue weighted by atomic mass is 16.5. The minimum absolute atomic E-state index is 0.0232. The molecule has 0 bridgehead atoms. The quantitative estimate of drug-likeness (QED) is 0.0888. The van der Waals surface area contributed by atoms with Crippen LogP contribution in [0.3, 0.4) is 0 Å². The highest BCUT2D eigenvalue weighted by Gasteiger charge is 2.19. The van der Waals surface area contributed by atoms with Crippen molar-refractivity contribution in [1.29, 1.82) is 0 Å². The zero-order chi connectivity index (χ0) is 34.8. The van der Waals surface area contributed by atoms with Crippen molar-refractivity contribution in [3.63, 3.8) is 0 Å². The third-order valence-corrected chi connectivity index (χ3v) is 8.83. The summed E-state index contributed by atoms with van der Waals surface area (Å²) in [5.74, 6) is 2.53. The van der Waals surface area contributed by atoms with Crippen molar-refractivity contribution in [2.24, 2.45) is 16.8 Å². The van der Waals surface area contributed by atoms with E-state index in [2.05, 4.69) is 45.0 Å². The first-order chi connectivity index (χ1) is 23.0. The van der Waals surface area contributed by atoms with Crippen LogP contribution in [0, 0.1) is 25.7 Å². The van der Waals surface area contributed by atoms with Crippen molar-refractivity contribution in [3.8, 4) is 23.0 Å². The van der Waals surface area contributed by atoms with E-state index >= 15 is 0 Å². The number of ether oxygens (including phenoxy) is 4. The molecule has 0 aliphatic rings. The molecule has 0 aliphatic carbocycles. The van der Waals surface area contributed by atoms with Crippen LogP contribution >= 0.6 is 0 Å².